The summed E-state index contributed by atoms with van der Waals surface area (Å²) in [6, 6.07) is 10.3. The zero-order valence-electron chi connectivity index (χ0n) is 12.0. The van der Waals surface area contributed by atoms with E-state index in [-0.39, 0.29) is 10.9 Å². The quantitative estimate of drug-likeness (QED) is 0.503. The van der Waals surface area contributed by atoms with Crippen LogP contribution in [-0.4, -0.2) is 17.0 Å². The highest BCUT2D eigenvalue weighted by Gasteiger charge is 2.08. The highest BCUT2D eigenvalue weighted by Crippen LogP contribution is 2.22. The fraction of sp³-hybridized carbons (Fsp3) is 0.200. The number of hydrazone groups is 1. The average molecular weight is 317 g/mol. The zero-order valence-corrected chi connectivity index (χ0v) is 12.8. The minimum Gasteiger partial charge on any atom is -0.267 e. The second-order valence-corrected chi connectivity index (χ2v) is 5.67. The smallest absolute Gasteiger partial charge is 0.267 e. The Labute approximate surface area is 131 Å². The van der Waals surface area contributed by atoms with Gasteiger partial charge in [0.25, 0.3) is 5.91 Å². The average Bonchev–Trinajstić information content (AvgIpc) is 2.97. The number of hydrogen-bond acceptors (Lipinski definition) is 5. The first-order valence-corrected chi connectivity index (χ1v) is 7.58. The minimum absolute atomic E-state index is 0.0410. The summed E-state index contributed by atoms with van der Waals surface area (Å²) >= 11 is 0.996. The molecule has 2 rings (SSSR count). The largest absolute Gasteiger partial charge is 0.324 e. The molecule has 1 aromatic heterocycles. The van der Waals surface area contributed by atoms with Crippen LogP contribution in [-0.2, 0) is 6.42 Å². The number of nitrogens with one attached hydrogen (secondary N) is 1. The Bertz CT molecular complexity index is 692. The van der Waals surface area contributed by atoms with Gasteiger partial charge in [0.1, 0.15) is 0 Å². The van der Waals surface area contributed by atoms with Gasteiger partial charge >= 0.3 is 5.00 Å². The summed E-state index contributed by atoms with van der Waals surface area (Å²) < 4.78 is 0. The lowest BCUT2D eigenvalue weighted by atomic mass is 10.1. The van der Waals surface area contributed by atoms with Crippen molar-refractivity contribution < 1.29 is 9.72 Å². The fourth-order valence-corrected chi connectivity index (χ4v) is 2.53. The summed E-state index contributed by atoms with van der Waals surface area (Å²) in [4.78, 5) is 22.6. The second-order valence-electron chi connectivity index (χ2n) is 4.58. The molecule has 0 radical (unpaired) electrons. The minimum atomic E-state index is -0.460. The molecule has 0 unspecified atom stereocenters. The maximum absolute atomic E-state index is 11.9. The van der Waals surface area contributed by atoms with Crippen molar-refractivity contribution in [1.29, 1.82) is 0 Å². The molecule has 0 aliphatic heterocycles. The summed E-state index contributed by atoms with van der Waals surface area (Å²) in [5, 5.41) is 14.4. The number of nitrogens with zero attached hydrogens (tertiary/aromatic N) is 2. The molecule has 22 heavy (non-hydrogen) atoms. The number of aryl methyl sites for hydroxylation is 1. The fourth-order valence-electron chi connectivity index (χ4n) is 1.84. The second kappa shape index (κ2) is 7.46. The van der Waals surface area contributed by atoms with Crippen LogP contribution in [0.4, 0.5) is 5.00 Å². The van der Waals surface area contributed by atoms with Gasteiger partial charge in [-0.3, -0.25) is 14.9 Å². The molecule has 1 heterocycles. The maximum atomic E-state index is 11.9. The van der Waals surface area contributed by atoms with Crippen molar-refractivity contribution in [3.8, 4) is 0 Å². The van der Waals surface area contributed by atoms with E-state index in [1.165, 1.54) is 17.8 Å². The standard InChI is InChI=1S/C15H15N3O3S/c1-2-3-11-4-6-12(7-5-11)15(19)17-16-10-13-8-9-14(22-13)18(20)21/h4-10H,2-3H2,1H3,(H,17,19)/b16-10+. The lowest BCUT2D eigenvalue weighted by Gasteiger charge is -2.01. The van der Waals surface area contributed by atoms with Gasteiger partial charge in [-0.1, -0.05) is 36.8 Å². The molecule has 0 saturated carbocycles. The number of benzene rings is 1. The van der Waals surface area contributed by atoms with E-state index in [0.29, 0.717) is 10.4 Å². The Balaban J connectivity index is 1.93. The predicted molar refractivity (Wildman–Crippen MR) is 86.5 cm³/mol. The summed E-state index contributed by atoms with van der Waals surface area (Å²) in [6.07, 6.45) is 3.43. The van der Waals surface area contributed by atoms with Crippen molar-refractivity contribution in [1.82, 2.24) is 5.43 Å². The first-order chi connectivity index (χ1) is 10.6. The molecule has 0 spiro atoms. The molecule has 7 heteroatoms. The number of thiophene rings is 1. The first kappa shape index (κ1) is 15.8. The molecular formula is C15H15N3O3S. The van der Waals surface area contributed by atoms with Gasteiger partial charge in [0.2, 0.25) is 0 Å². The van der Waals surface area contributed by atoms with Gasteiger partial charge in [-0.25, -0.2) is 5.43 Å². The van der Waals surface area contributed by atoms with Gasteiger partial charge < -0.3 is 0 Å². The van der Waals surface area contributed by atoms with E-state index >= 15 is 0 Å². The van der Waals surface area contributed by atoms with Crippen LogP contribution in [0, 0.1) is 10.1 Å². The van der Waals surface area contributed by atoms with Gasteiger partial charge in [-0.2, -0.15) is 5.10 Å². The van der Waals surface area contributed by atoms with Crippen LogP contribution in [0.15, 0.2) is 41.5 Å². The highest BCUT2D eigenvalue weighted by molar-refractivity contribution is 7.16. The molecule has 0 saturated heterocycles. The molecule has 0 atom stereocenters. The van der Waals surface area contributed by atoms with Crippen molar-refractivity contribution in [3.63, 3.8) is 0 Å². The van der Waals surface area contributed by atoms with Gasteiger partial charge in [0.05, 0.1) is 16.0 Å². The molecular weight excluding hydrogens is 302 g/mol. The third kappa shape index (κ3) is 4.23. The van der Waals surface area contributed by atoms with Crippen molar-refractivity contribution in [3.05, 3.63) is 62.5 Å². The number of nitro groups is 1. The van der Waals surface area contributed by atoms with E-state index in [2.05, 4.69) is 17.5 Å². The summed E-state index contributed by atoms with van der Waals surface area (Å²) in [7, 11) is 0. The number of carbonyl (C=O) groups excluding carboxylic acids is 1. The van der Waals surface area contributed by atoms with Gasteiger partial charge in [-0.05, 0) is 30.2 Å². The third-order valence-electron chi connectivity index (χ3n) is 2.91. The molecule has 114 valence electrons. The van der Waals surface area contributed by atoms with Crippen LogP contribution in [0.25, 0.3) is 0 Å². The third-order valence-corrected chi connectivity index (χ3v) is 3.88. The van der Waals surface area contributed by atoms with Crippen molar-refractivity contribution in [2.75, 3.05) is 0 Å². The Morgan fingerprint density at radius 3 is 2.64 bits per heavy atom. The van der Waals surface area contributed by atoms with E-state index in [9.17, 15) is 14.9 Å². The number of hydrogen-bond donors (Lipinski definition) is 1. The van der Waals surface area contributed by atoms with Gasteiger partial charge in [-0.15, -0.1) is 0 Å². The Kier molecular flexibility index (Phi) is 5.37. The van der Waals surface area contributed by atoms with E-state index in [4.69, 9.17) is 0 Å². The number of amides is 1. The first-order valence-electron chi connectivity index (χ1n) is 6.76. The van der Waals surface area contributed by atoms with Crippen LogP contribution >= 0.6 is 11.3 Å². The molecule has 0 aliphatic rings. The summed E-state index contributed by atoms with van der Waals surface area (Å²) in [6.45, 7) is 2.10. The summed E-state index contributed by atoms with van der Waals surface area (Å²) in [5.41, 5.74) is 4.12. The molecule has 6 nitrogen and oxygen atoms in total. The van der Waals surface area contributed by atoms with Crippen molar-refractivity contribution in [2.24, 2.45) is 5.10 Å². The molecule has 0 fully saturated rings. The van der Waals surface area contributed by atoms with Crippen LogP contribution in [0.5, 0.6) is 0 Å². The Morgan fingerprint density at radius 2 is 2.05 bits per heavy atom. The SMILES string of the molecule is CCCc1ccc(C(=O)N/N=C/c2ccc([N+](=O)[O-])s2)cc1. The molecule has 1 N–H and O–H groups in total. The van der Waals surface area contributed by atoms with Crippen LogP contribution < -0.4 is 5.43 Å². The molecule has 0 aliphatic carbocycles. The molecule has 1 amide bonds. The van der Waals surface area contributed by atoms with E-state index < -0.39 is 4.92 Å². The summed E-state index contributed by atoms with van der Waals surface area (Å²) in [5.74, 6) is -0.314. The monoisotopic (exact) mass is 317 g/mol. The van der Waals surface area contributed by atoms with E-state index in [1.54, 1.807) is 18.2 Å². The van der Waals surface area contributed by atoms with Crippen molar-refractivity contribution >= 4 is 28.5 Å². The molecule has 0 bridgehead atoms. The van der Waals surface area contributed by atoms with Gasteiger partial charge in [0, 0.05) is 11.6 Å². The Morgan fingerprint density at radius 1 is 1.32 bits per heavy atom. The van der Waals surface area contributed by atoms with Crippen LogP contribution in [0.1, 0.15) is 34.1 Å². The normalized spacial score (nSPS) is 10.8. The van der Waals surface area contributed by atoms with Crippen molar-refractivity contribution in [2.45, 2.75) is 19.8 Å². The lowest BCUT2D eigenvalue weighted by Crippen LogP contribution is -2.17. The zero-order chi connectivity index (χ0) is 15.9. The topological polar surface area (TPSA) is 84.6 Å². The predicted octanol–water partition coefficient (Wildman–Crippen LogP) is 3.37. The molecule has 2 aromatic rings. The van der Waals surface area contributed by atoms with Crippen LogP contribution in [0.2, 0.25) is 0 Å². The lowest BCUT2D eigenvalue weighted by molar-refractivity contribution is -0.380. The number of carbonyl (C=O) groups is 1. The van der Waals surface area contributed by atoms with Gasteiger partial charge in [0.15, 0.2) is 0 Å². The molecule has 1 aromatic carbocycles. The Hall–Kier alpha value is -2.54. The number of rotatable bonds is 6. The van der Waals surface area contributed by atoms with Crippen LogP contribution in [0.3, 0.4) is 0 Å². The van der Waals surface area contributed by atoms with E-state index in [1.807, 2.05) is 12.1 Å². The van der Waals surface area contributed by atoms with E-state index in [0.717, 1.165) is 24.2 Å². The highest BCUT2D eigenvalue weighted by atomic mass is 32.1. The maximum Gasteiger partial charge on any atom is 0.324 e.